The summed E-state index contributed by atoms with van der Waals surface area (Å²) in [6.07, 6.45) is 1.73. The fraction of sp³-hybridized carbons (Fsp3) is 0. The number of nitrogens with one attached hydrogen (secondary N) is 1. The highest BCUT2D eigenvalue weighted by atomic mass is 35.5. The van der Waals surface area contributed by atoms with Crippen LogP contribution in [-0.2, 0) is 0 Å². The molecule has 0 atom stereocenters. The van der Waals surface area contributed by atoms with Crippen molar-refractivity contribution in [1.82, 2.24) is 4.40 Å². The number of carbonyl (C=O) groups is 2. The van der Waals surface area contributed by atoms with Crippen molar-refractivity contribution in [3.8, 4) is 0 Å². The maximum absolute atomic E-state index is 12.9. The molecule has 1 aromatic carbocycles. The molecular weight excluding hydrogens is 382 g/mol. The second-order valence-corrected chi connectivity index (χ2v) is 7.24. The van der Waals surface area contributed by atoms with Crippen LogP contribution < -0.4 is 11.1 Å². The van der Waals surface area contributed by atoms with Crippen LogP contribution in [-0.4, -0.2) is 16.1 Å². The third-order valence-electron chi connectivity index (χ3n) is 4.17. The van der Waals surface area contributed by atoms with Crippen molar-refractivity contribution in [3.05, 3.63) is 87.3 Å². The standard InChI is InChI=1S/C20H14ClN3O2S/c21-12-6-8-13(9-7-12)23-20(26)16-14-4-1-2-10-24(14)18(17(16)22)19(25)15-5-3-11-27-15/h1-11H,22H2,(H,23,26). The van der Waals surface area contributed by atoms with Crippen LogP contribution in [0.4, 0.5) is 11.4 Å². The highest BCUT2D eigenvalue weighted by Gasteiger charge is 2.26. The predicted octanol–water partition coefficient (Wildman–Crippen LogP) is 4.72. The van der Waals surface area contributed by atoms with E-state index in [4.69, 9.17) is 17.3 Å². The van der Waals surface area contributed by atoms with E-state index in [2.05, 4.69) is 5.32 Å². The highest BCUT2D eigenvalue weighted by Crippen LogP contribution is 2.30. The van der Waals surface area contributed by atoms with Gasteiger partial charge in [-0.3, -0.25) is 9.59 Å². The minimum absolute atomic E-state index is 0.158. The zero-order valence-electron chi connectivity index (χ0n) is 14.0. The molecule has 0 unspecified atom stereocenters. The number of pyridine rings is 1. The molecule has 134 valence electrons. The van der Waals surface area contributed by atoms with Gasteiger partial charge in [0.15, 0.2) is 0 Å². The number of halogens is 1. The van der Waals surface area contributed by atoms with Gasteiger partial charge < -0.3 is 15.5 Å². The molecule has 0 aliphatic carbocycles. The number of benzene rings is 1. The van der Waals surface area contributed by atoms with Crippen molar-refractivity contribution in [2.24, 2.45) is 0 Å². The Labute approximate surface area is 164 Å². The second kappa shape index (κ2) is 6.90. The minimum Gasteiger partial charge on any atom is -0.396 e. The van der Waals surface area contributed by atoms with Gasteiger partial charge in [0.05, 0.1) is 21.6 Å². The van der Waals surface area contributed by atoms with Gasteiger partial charge in [-0.1, -0.05) is 23.7 Å². The summed E-state index contributed by atoms with van der Waals surface area (Å²) in [5.74, 6) is -0.599. The lowest BCUT2D eigenvalue weighted by molar-refractivity contribution is 0.102. The summed E-state index contributed by atoms with van der Waals surface area (Å²) in [6, 6.07) is 15.7. The number of nitrogen functional groups attached to an aromatic ring is 1. The van der Waals surface area contributed by atoms with E-state index in [0.29, 0.717) is 21.1 Å². The first-order valence-corrected chi connectivity index (χ1v) is 9.35. The van der Waals surface area contributed by atoms with Gasteiger partial charge in [-0.05, 0) is 47.8 Å². The molecule has 4 rings (SSSR count). The van der Waals surface area contributed by atoms with Crippen LogP contribution in [0.1, 0.15) is 25.7 Å². The quantitative estimate of drug-likeness (QED) is 0.491. The molecule has 4 aromatic rings. The largest absolute Gasteiger partial charge is 0.396 e. The first kappa shape index (κ1) is 17.3. The number of fused-ring (bicyclic) bond motifs is 1. The summed E-state index contributed by atoms with van der Waals surface area (Å²) >= 11 is 7.22. The normalized spacial score (nSPS) is 10.9. The first-order valence-electron chi connectivity index (χ1n) is 8.10. The van der Waals surface area contributed by atoms with Crippen LogP contribution in [0.2, 0.25) is 5.02 Å². The van der Waals surface area contributed by atoms with Crippen molar-refractivity contribution < 1.29 is 9.59 Å². The molecule has 0 radical (unpaired) electrons. The van der Waals surface area contributed by atoms with Gasteiger partial charge in [0, 0.05) is 16.9 Å². The lowest BCUT2D eigenvalue weighted by atomic mass is 10.1. The first-order chi connectivity index (χ1) is 13.1. The molecule has 1 amide bonds. The van der Waals surface area contributed by atoms with Crippen molar-refractivity contribution in [1.29, 1.82) is 0 Å². The Morgan fingerprint density at radius 3 is 2.52 bits per heavy atom. The van der Waals surface area contributed by atoms with Gasteiger partial charge in [0.2, 0.25) is 5.78 Å². The van der Waals surface area contributed by atoms with Crippen molar-refractivity contribution in [2.75, 3.05) is 11.1 Å². The molecule has 0 aliphatic rings. The average Bonchev–Trinajstić information content (AvgIpc) is 3.29. The summed E-state index contributed by atoms with van der Waals surface area (Å²) in [7, 11) is 0. The highest BCUT2D eigenvalue weighted by molar-refractivity contribution is 7.12. The number of nitrogens with zero attached hydrogens (tertiary/aromatic N) is 1. The van der Waals surface area contributed by atoms with Crippen molar-refractivity contribution in [2.45, 2.75) is 0 Å². The van der Waals surface area contributed by atoms with Crippen molar-refractivity contribution in [3.63, 3.8) is 0 Å². The Kier molecular flexibility index (Phi) is 4.43. The molecule has 3 N–H and O–H groups in total. The molecule has 0 aliphatic heterocycles. The predicted molar refractivity (Wildman–Crippen MR) is 109 cm³/mol. The lowest BCUT2D eigenvalue weighted by Gasteiger charge is -2.05. The van der Waals surface area contributed by atoms with Crippen LogP contribution in [0.3, 0.4) is 0 Å². The third-order valence-corrected chi connectivity index (χ3v) is 5.29. The van der Waals surface area contributed by atoms with Crippen LogP contribution in [0, 0.1) is 0 Å². The topological polar surface area (TPSA) is 76.6 Å². The molecule has 0 bridgehead atoms. The number of hydrogen-bond donors (Lipinski definition) is 2. The number of hydrogen-bond acceptors (Lipinski definition) is 4. The van der Waals surface area contributed by atoms with E-state index in [1.165, 1.54) is 11.3 Å². The Morgan fingerprint density at radius 2 is 1.81 bits per heavy atom. The molecular formula is C20H14ClN3O2S. The number of thiophene rings is 1. The molecule has 27 heavy (non-hydrogen) atoms. The zero-order chi connectivity index (χ0) is 19.0. The Hall–Kier alpha value is -3.09. The SMILES string of the molecule is Nc1c(C(=O)Nc2ccc(Cl)cc2)c2ccccn2c1C(=O)c1cccs1. The molecule has 0 fully saturated rings. The van der Waals surface area contributed by atoms with E-state index in [9.17, 15) is 9.59 Å². The number of ketones is 1. The van der Waals surface area contributed by atoms with E-state index < -0.39 is 0 Å². The zero-order valence-corrected chi connectivity index (χ0v) is 15.6. The van der Waals surface area contributed by atoms with E-state index in [1.54, 1.807) is 65.2 Å². The third kappa shape index (κ3) is 3.09. The summed E-state index contributed by atoms with van der Waals surface area (Å²) < 4.78 is 1.66. The van der Waals surface area contributed by atoms with Crippen LogP contribution in [0.15, 0.2) is 66.2 Å². The van der Waals surface area contributed by atoms with Gasteiger partial charge in [0.1, 0.15) is 5.69 Å². The Bertz CT molecular complexity index is 1150. The van der Waals surface area contributed by atoms with E-state index in [1.807, 2.05) is 5.38 Å². The molecule has 0 spiro atoms. The molecule has 7 heteroatoms. The number of anilines is 2. The van der Waals surface area contributed by atoms with E-state index >= 15 is 0 Å². The van der Waals surface area contributed by atoms with Crippen LogP contribution in [0.5, 0.6) is 0 Å². The lowest BCUT2D eigenvalue weighted by Crippen LogP contribution is -2.14. The van der Waals surface area contributed by atoms with Crippen LogP contribution >= 0.6 is 22.9 Å². The maximum atomic E-state index is 12.9. The van der Waals surface area contributed by atoms with E-state index in [-0.39, 0.29) is 28.6 Å². The fourth-order valence-corrected chi connectivity index (χ4v) is 3.74. The number of carbonyl (C=O) groups excluding carboxylic acids is 2. The Balaban J connectivity index is 1.81. The molecule has 3 aromatic heterocycles. The minimum atomic E-state index is -0.385. The van der Waals surface area contributed by atoms with Gasteiger partial charge >= 0.3 is 0 Å². The maximum Gasteiger partial charge on any atom is 0.259 e. The monoisotopic (exact) mass is 395 g/mol. The Morgan fingerprint density at radius 1 is 1.04 bits per heavy atom. The molecule has 0 saturated heterocycles. The summed E-state index contributed by atoms with van der Waals surface area (Å²) in [5.41, 5.74) is 8.16. The fourth-order valence-electron chi connectivity index (χ4n) is 2.95. The van der Waals surface area contributed by atoms with E-state index in [0.717, 1.165) is 0 Å². The molecule has 5 nitrogen and oxygen atoms in total. The summed E-state index contributed by atoms with van der Waals surface area (Å²) in [4.78, 5) is 26.4. The molecule has 3 heterocycles. The number of nitrogens with two attached hydrogens (primary N) is 1. The molecule has 0 saturated carbocycles. The van der Waals surface area contributed by atoms with Crippen molar-refractivity contribution >= 4 is 51.5 Å². The number of aromatic nitrogens is 1. The van der Waals surface area contributed by atoms with Gasteiger partial charge in [0.25, 0.3) is 5.91 Å². The summed E-state index contributed by atoms with van der Waals surface area (Å²) in [6.45, 7) is 0. The van der Waals surface area contributed by atoms with Gasteiger partial charge in [-0.25, -0.2) is 0 Å². The average molecular weight is 396 g/mol. The smallest absolute Gasteiger partial charge is 0.259 e. The number of rotatable bonds is 4. The van der Waals surface area contributed by atoms with Crippen LogP contribution in [0.25, 0.3) is 5.52 Å². The number of amides is 1. The van der Waals surface area contributed by atoms with Gasteiger partial charge in [-0.15, -0.1) is 11.3 Å². The van der Waals surface area contributed by atoms with Gasteiger partial charge in [-0.2, -0.15) is 0 Å². The summed E-state index contributed by atoms with van der Waals surface area (Å²) in [5, 5.41) is 5.21. The second-order valence-electron chi connectivity index (χ2n) is 5.86.